The topological polar surface area (TPSA) is 55.1 Å². The molecule has 0 fully saturated rings. The molecule has 2 aromatic rings. The van der Waals surface area contributed by atoms with Crippen LogP contribution in [0.3, 0.4) is 0 Å². The van der Waals surface area contributed by atoms with Gasteiger partial charge >= 0.3 is 0 Å². The number of nitrogens with one attached hydrogen (secondary N) is 1. The molecule has 11 heavy (non-hydrogen) atoms. The van der Waals surface area contributed by atoms with Gasteiger partial charge in [-0.05, 0) is 0 Å². The number of nitrogens with zero attached hydrogens (tertiary/aromatic N) is 4. The maximum atomic E-state index is 3.91. The second-order valence-corrected chi connectivity index (χ2v) is 2.46. The summed E-state index contributed by atoms with van der Waals surface area (Å²) in [6.07, 6.45) is 5.15. The van der Waals surface area contributed by atoms with Gasteiger partial charge in [0.25, 0.3) is 0 Å². The molecule has 0 spiro atoms. The molecule has 0 saturated carbocycles. The normalized spacial score (nSPS) is 10.3. The van der Waals surface area contributed by atoms with Crippen molar-refractivity contribution in [2.75, 3.05) is 3.53 Å². The first kappa shape index (κ1) is 6.77. The quantitative estimate of drug-likeness (QED) is 0.611. The summed E-state index contributed by atoms with van der Waals surface area (Å²) < 4.78 is 4.70. The molecule has 0 aliphatic carbocycles. The molecule has 0 atom stereocenters. The van der Waals surface area contributed by atoms with Crippen LogP contribution in [0.4, 0.5) is 5.95 Å². The van der Waals surface area contributed by atoms with E-state index < -0.39 is 0 Å². The van der Waals surface area contributed by atoms with Gasteiger partial charge in [-0.1, -0.05) is 0 Å². The minimum absolute atomic E-state index is 0.711. The van der Waals surface area contributed by atoms with E-state index in [1.807, 2.05) is 27.3 Å². The molecule has 56 valence electrons. The maximum Gasteiger partial charge on any atom is 0.237 e. The molecular weight excluding hydrogens is 257 g/mol. The van der Waals surface area contributed by atoms with Crippen molar-refractivity contribution in [1.82, 2.24) is 19.6 Å². The first-order valence-electron chi connectivity index (χ1n) is 2.93. The predicted molar refractivity (Wildman–Crippen MR) is 48.4 cm³/mol. The van der Waals surface area contributed by atoms with E-state index in [1.54, 1.807) is 18.6 Å². The zero-order valence-corrected chi connectivity index (χ0v) is 7.56. The third kappa shape index (κ3) is 1.02. The van der Waals surface area contributed by atoms with Crippen LogP contribution in [0.25, 0.3) is 5.65 Å². The van der Waals surface area contributed by atoms with Gasteiger partial charge in [-0.15, -0.1) is 10.2 Å². The second-order valence-electron chi connectivity index (χ2n) is 1.92. The molecule has 0 bridgehead atoms. The molecule has 0 aliphatic rings. The lowest BCUT2D eigenvalue weighted by molar-refractivity contribution is 1.12. The molecule has 2 heterocycles. The van der Waals surface area contributed by atoms with Crippen molar-refractivity contribution in [3.05, 3.63) is 18.6 Å². The van der Waals surface area contributed by atoms with E-state index in [2.05, 4.69) is 18.7 Å². The highest BCUT2D eigenvalue weighted by Crippen LogP contribution is 2.06. The molecule has 0 amide bonds. The second kappa shape index (κ2) is 2.61. The summed E-state index contributed by atoms with van der Waals surface area (Å²) in [5.74, 6) is 0.711. The van der Waals surface area contributed by atoms with Gasteiger partial charge in [0.2, 0.25) is 5.95 Å². The molecule has 0 radical (unpaired) electrons. The van der Waals surface area contributed by atoms with Crippen LogP contribution in [0.2, 0.25) is 0 Å². The number of rotatable bonds is 1. The largest absolute Gasteiger partial charge is 0.297 e. The highest BCUT2D eigenvalue weighted by Gasteiger charge is 2.00. The van der Waals surface area contributed by atoms with Crippen molar-refractivity contribution < 1.29 is 0 Å². The van der Waals surface area contributed by atoms with Crippen LogP contribution in [0, 0.1) is 0 Å². The summed E-state index contributed by atoms with van der Waals surface area (Å²) in [4.78, 5) is 3.91. The summed E-state index contributed by atoms with van der Waals surface area (Å²) in [7, 11) is 0. The molecule has 5 nitrogen and oxygen atoms in total. The summed E-state index contributed by atoms with van der Waals surface area (Å²) in [6.45, 7) is 0. The van der Waals surface area contributed by atoms with E-state index in [0.29, 0.717) is 5.95 Å². The van der Waals surface area contributed by atoms with Crippen molar-refractivity contribution in [3.8, 4) is 0 Å². The van der Waals surface area contributed by atoms with E-state index in [-0.39, 0.29) is 0 Å². The summed E-state index contributed by atoms with van der Waals surface area (Å²) in [5, 5.41) is 7.74. The summed E-state index contributed by atoms with van der Waals surface area (Å²) in [5.41, 5.74) is 0.742. The Morgan fingerprint density at radius 1 is 1.45 bits per heavy atom. The Labute approximate surface area is 76.3 Å². The monoisotopic (exact) mass is 261 g/mol. The minimum Gasteiger partial charge on any atom is -0.297 e. The van der Waals surface area contributed by atoms with Gasteiger partial charge in [0.1, 0.15) is 0 Å². The summed E-state index contributed by atoms with van der Waals surface area (Å²) in [6, 6.07) is 0. The molecule has 2 rings (SSSR count). The van der Waals surface area contributed by atoms with Gasteiger partial charge in [-0.25, -0.2) is 0 Å². The molecule has 0 saturated heterocycles. The summed E-state index contributed by atoms with van der Waals surface area (Å²) >= 11 is 2.00. The molecule has 2 aromatic heterocycles. The first-order valence-corrected chi connectivity index (χ1v) is 4.01. The van der Waals surface area contributed by atoms with Crippen molar-refractivity contribution in [1.29, 1.82) is 0 Å². The van der Waals surface area contributed by atoms with Crippen LogP contribution < -0.4 is 3.53 Å². The molecule has 6 heteroatoms. The van der Waals surface area contributed by atoms with Crippen molar-refractivity contribution >= 4 is 34.5 Å². The van der Waals surface area contributed by atoms with Crippen molar-refractivity contribution in [2.24, 2.45) is 0 Å². The van der Waals surface area contributed by atoms with Gasteiger partial charge in [0.05, 0.1) is 29.1 Å². The Bertz CT molecular complexity index is 370. The fourth-order valence-electron chi connectivity index (χ4n) is 0.818. The molecular formula is C5H4IN5. The molecule has 0 aliphatic heterocycles. The van der Waals surface area contributed by atoms with Gasteiger partial charge in [-0.3, -0.25) is 12.9 Å². The zero-order valence-electron chi connectivity index (χ0n) is 5.40. The van der Waals surface area contributed by atoms with Crippen molar-refractivity contribution in [2.45, 2.75) is 0 Å². The number of aromatic nitrogens is 4. The van der Waals surface area contributed by atoms with E-state index in [9.17, 15) is 0 Å². The fourth-order valence-corrected chi connectivity index (χ4v) is 1.19. The lowest BCUT2D eigenvalue weighted by Gasteiger charge is -1.92. The number of halogens is 1. The number of hydrogen-bond donors (Lipinski definition) is 1. The Kier molecular flexibility index (Phi) is 1.60. The Morgan fingerprint density at radius 3 is 3.18 bits per heavy atom. The zero-order chi connectivity index (χ0) is 7.68. The van der Waals surface area contributed by atoms with Crippen LogP contribution in [-0.4, -0.2) is 19.6 Å². The fraction of sp³-hybridized carbons (Fsp3) is 0. The van der Waals surface area contributed by atoms with Crippen LogP contribution in [0.15, 0.2) is 18.6 Å². The standard InChI is InChI=1S/C5H4IN5/c6-8-5-10-9-4-3-7-1-2-11(4)5/h1-3H,(H,8,10). The Hall–Kier alpha value is -0.920. The third-order valence-corrected chi connectivity index (χ3v) is 1.78. The lowest BCUT2D eigenvalue weighted by Crippen LogP contribution is -1.89. The van der Waals surface area contributed by atoms with Gasteiger partial charge < -0.3 is 0 Å². The van der Waals surface area contributed by atoms with Crippen LogP contribution >= 0.6 is 22.9 Å². The third-order valence-electron chi connectivity index (χ3n) is 1.30. The number of anilines is 1. The average Bonchev–Trinajstić information content (AvgIpc) is 2.47. The smallest absolute Gasteiger partial charge is 0.237 e. The van der Waals surface area contributed by atoms with E-state index in [1.165, 1.54) is 0 Å². The van der Waals surface area contributed by atoms with Crippen LogP contribution in [0.1, 0.15) is 0 Å². The molecule has 0 aromatic carbocycles. The SMILES string of the molecule is INc1nnc2cnccn12. The molecule has 1 N–H and O–H groups in total. The Balaban J connectivity index is 2.76. The van der Waals surface area contributed by atoms with Crippen LogP contribution in [0.5, 0.6) is 0 Å². The van der Waals surface area contributed by atoms with Gasteiger partial charge in [-0.2, -0.15) is 0 Å². The first-order chi connectivity index (χ1) is 5.42. The number of fused-ring (bicyclic) bond motifs is 1. The highest BCUT2D eigenvalue weighted by atomic mass is 127. The van der Waals surface area contributed by atoms with Gasteiger partial charge in [0.15, 0.2) is 5.65 Å². The van der Waals surface area contributed by atoms with Gasteiger partial charge in [0, 0.05) is 12.4 Å². The predicted octanol–water partition coefficient (Wildman–Crippen LogP) is 0.886. The van der Waals surface area contributed by atoms with Crippen molar-refractivity contribution in [3.63, 3.8) is 0 Å². The highest BCUT2D eigenvalue weighted by molar-refractivity contribution is 14.1. The van der Waals surface area contributed by atoms with E-state index in [0.717, 1.165) is 5.65 Å². The van der Waals surface area contributed by atoms with E-state index in [4.69, 9.17) is 0 Å². The maximum absolute atomic E-state index is 3.91. The lowest BCUT2D eigenvalue weighted by atomic mass is 10.7. The van der Waals surface area contributed by atoms with E-state index >= 15 is 0 Å². The Morgan fingerprint density at radius 2 is 2.36 bits per heavy atom. The number of hydrogen-bond acceptors (Lipinski definition) is 4. The molecule has 0 unspecified atom stereocenters. The minimum atomic E-state index is 0.711. The average molecular weight is 261 g/mol. The van der Waals surface area contributed by atoms with Crippen LogP contribution in [-0.2, 0) is 0 Å².